The summed E-state index contributed by atoms with van der Waals surface area (Å²) >= 11 is 0. The van der Waals surface area contributed by atoms with Gasteiger partial charge in [0.15, 0.2) is 12.6 Å². The number of hydrogen-bond acceptors (Lipinski definition) is 13. The fourth-order valence-corrected chi connectivity index (χ4v) is 6.88. The maximum atomic E-state index is 13.0. The molecule has 0 aromatic rings. The van der Waals surface area contributed by atoms with Gasteiger partial charge in [0.05, 0.1) is 32.0 Å². The van der Waals surface area contributed by atoms with Crippen LogP contribution in [-0.4, -0.2) is 140 Å². The number of carbonyl (C=O) groups is 1. The molecule has 1 amide bonds. The normalized spacial score (nSPS) is 30.7. The smallest absolute Gasteiger partial charge is 0.220 e. The lowest BCUT2D eigenvalue weighted by atomic mass is 9.97. The fraction of sp³-hybridized carbons (Fsp3) is 0.974. The quantitative estimate of drug-likeness (QED) is 0.0501. The van der Waals surface area contributed by atoms with Crippen molar-refractivity contribution in [1.82, 2.24) is 5.32 Å². The maximum absolute atomic E-state index is 13.0. The number of amides is 1. The average molecular weight is 752 g/mol. The number of hydrogen-bond donors (Lipinski definition) is 9. The topological polar surface area (TPSA) is 228 Å². The first-order chi connectivity index (χ1) is 25.1. The van der Waals surface area contributed by atoms with Gasteiger partial charge in [-0.2, -0.15) is 0 Å². The summed E-state index contributed by atoms with van der Waals surface area (Å²) < 4.78 is 22.6. The third-order valence-electron chi connectivity index (χ3n) is 10.3. The monoisotopic (exact) mass is 752 g/mol. The number of aliphatic hydroxyl groups is 8. The minimum atomic E-state index is -1.78. The van der Waals surface area contributed by atoms with E-state index in [1.807, 2.05) is 0 Å². The molecule has 0 aromatic heterocycles. The van der Waals surface area contributed by atoms with Crippen LogP contribution < -0.4 is 5.32 Å². The molecule has 2 fully saturated rings. The van der Waals surface area contributed by atoms with Crippen molar-refractivity contribution in [2.24, 2.45) is 0 Å². The van der Waals surface area contributed by atoms with Gasteiger partial charge in [-0.05, 0) is 12.8 Å². The molecule has 4 unspecified atom stereocenters. The second kappa shape index (κ2) is 27.6. The van der Waals surface area contributed by atoms with Crippen molar-refractivity contribution < 1.29 is 64.6 Å². The van der Waals surface area contributed by atoms with Crippen LogP contribution in [0.5, 0.6) is 0 Å². The Kier molecular flexibility index (Phi) is 25.0. The summed E-state index contributed by atoms with van der Waals surface area (Å²) in [4.78, 5) is 13.0. The van der Waals surface area contributed by atoms with Gasteiger partial charge < -0.3 is 65.1 Å². The molecule has 0 aliphatic carbocycles. The van der Waals surface area contributed by atoms with E-state index in [9.17, 15) is 45.6 Å². The van der Waals surface area contributed by atoms with Crippen LogP contribution in [0.3, 0.4) is 0 Å². The maximum Gasteiger partial charge on any atom is 0.220 e. The highest BCUT2D eigenvalue weighted by atomic mass is 16.7. The van der Waals surface area contributed by atoms with Gasteiger partial charge >= 0.3 is 0 Å². The molecule has 12 atom stereocenters. The third kappa shape index (κ3) is 16.8. The zero-order valence-electron chi connectivity index (χ0n) is 31.8. The highest BCUT2D eigenvalue weighted by Crippen LogP contribution is 2.30. The summed E-state index contributed by atoms with van der Waals surface area (Å²) in [6.45, 7) is 2.76. The molecule has 0 saturated carbocycles. The van der Waals surface area contributed by atoms with E-state index in [0.717, 1.165) is 51.4 Å². The Balaban J connectivity index is 1.94. The number of carbonyl (C=O) groups excluding carboxylic acids is 1. The highest BCUT2D eigenvalue weighted by Gasteiger charge is 2.50. The molecule has 0 radical (unpaired) electrons. The van der Waals surface area contributed by atoms with Crippen LogP contribution in [0.25, 0.3) is 0 Å². The summed E-state index contributed by atoms with van der Waals surface area (Å²) in [5.74, 6) is -0.214. The van der Waals surface area contributed by atoms with Gasteiger partial charge in [0.2, 0.25) is 5.91 Å². The van der Waals surface area contributed by atoms with Gasteiger partial charge in [-0.15, -0.1) is 0 Å². The molecule has 2 rings (SSSR count). The molecule has 2 aliphatic heterocycles. The lowest BCUT2D eigenvalue weighted by Gasteiger charge is -2.46. The number of ether oxygens (including phenoxy) is 4. The van der Waals surface area contributed by atoms with Crippen molar-refractivity contribution >= 4 is 5.91 Å². The molecule has 14 heteroatoms. The third-order valence-corrected chi connectivity index (χ3v) is 10.3. The number of unbranched alkanes of at least 4 members (excludes halogenated alkanes) is 16. The van der Waals surface area contributed by atoms with Crippen LogP contribution in [0.15, 0.2) is 0 Å². The van der Waals surface area contributed by atoms with Crippen molar-refractivity contribution in [2.75, 3.05) is 19.8 Å². The van der Waals surface area contributed by atoms with Crippen LogP contribution in [0.2, 0.25) is 0 Å². The summed E-state index contributed by atoms with van der Waals surface area (Å²) in [7, 11) is 0. The first-order valence-electron chi connectivity index (χ1n) is 20.3. The van der Waals surface area contributed by atoms with E-state index in [-0.39, 0.29) is 12.5 Å². The molecule has 2 heterocycles. The zero-order chi connectivity index (χ0) is 38.3. The van der Waals surface area contributed by atoms with Crippen molar-refractivity contribution in [1.29, 1.82) is 0 Å². The summed E-state index contributed by atoms with van der Waals surface area (Å²) in [5.41, 5.74) is 0. The summed E-state index contributed by atoms with van der Waals surface area (Å²) in [6, 6.07) is -0.816. The van der Waals surface area contributed by atoms with Gasteiger partial charge in [-0.1, -0.05) is 123 Å². The van der Waals surface area contributed by atoms with Crippen LogP contribution in [0.4, 0.5) is 0 Å². The van der Waals surface area contributed by atoms with Crippen molar-refractivity contribution in [3.8, 4) is 0 Å². The molecule has 2 saturated heterocycles. The van der Waals surface area contributed by atoms with Crippen LogP contribution in [0.1, 0.15) is 142 Å². The van der Waals surface area contributed by atoms with Gasteiger partial charge in [0.25, 0.3) is 0 Å². The predicted octanol–water partition coefficient (Wildman–Crippen LogP) is 2.31. The van der Waals surface area contributed by atoms with E-state index < -0.39 is 86.8 Å². The second-order valence-electron chi connectivity index (χ2n) is 14.8. The molecule has 2 aliphatic rings. The number of rotatable bonds is 29. The van der Waals surface area contributed by atoms with E-state index in [1.54, 1.807) is 0 Å². The van der Waals surface area contributed by atoms with E-state index in [2.05, 4.69) is 19.2 Å². The zero-order valence-corrected chi connectivity index (χ0v) is 31.8. The average Bonchev–Trinajstić information content (AvgIpc) is 3.14. The molecular weight excluding hydrogens is 678 g/mol. The largest absolute Gasteiger partial charge is 0.394 e. The summed E-state index contributed by atoms with van der Waals surface area (Å²) in [6.07, 6.45) is 4.31. The first-order valence-corrected chi connectivity index (χ1v) is 20.3. The van der Waals surface area contributed by atoms with Crippen molar-refractivity contribution in [3.63, 3.8) is 0 Å². The lowest BCUT2D eigenvalue weighted by Crippen LogP contribution is -2.65. The molecule has 0 bridgehead atoms. The Morgan fingerprint density at radius 2 is 1.10 bits per heavy atom. The molecule has 52 heavy (non-hydrogen) atoms. The predicted molar refractivity (Wildman–Crippen MR) is 194 cm³/mol. The molecule has 0 spiro atoms. The number of nitrogens with one attached hydrogen (secondary N) is 1. The van der Waals surface area contributed by atoms with Gasteiger partial charge in [0, 0.05) is 6.42 Å². The van der Waals surface area contributed by atoms with Crippen LogP contribution >= 0.6 is 0 Å². The van der Waals surface area contributed by atoms with Gasteiger partial charge in [-0.25, -0.2) is 0 Å². The Hall–Kier alpha value is -1.01. The van der Waals surface area contributed by atoms with Crippen molar-refractivity contribution in [2.45, 2.75) is 216 Å². The van der Waals surface area contributed by atoms with Gasteiger partial charge in [-0.3, -0.25) is 4.79 Å². The second-order valence-corrected chi connectivity index (χ2v) is 14.8. The first kappa shape index (κ1) is 47.1. The van der Waals surface area contributed by atoms with Gasteiger partial charge in [0.1, 0.15) is 48.8 Å². The number of aliphatic hydroxyl groups excluding tert-OH is 8. The van der Waals surface area contributed by atoms with Crippen LogP contribution in [-0.2, 0) is 23.7 Å². The lowest BCUT2D eigenvalue weighted by molar-refractivity contribution is -0.359. The van der Waals surface area contributed by atoms with E-state index in [4.69, 9.17) is 18.9 Å². The highest BCUT2D eigenvalue weighted by molar-refractivity contribution is 5.76. The summed E-state index contributed by atoms with van der Waals surface area (Å²) in [5, 5.41) is 86.1. The van der Waals surface area contributed by atoms with E-state index >= 15 is 0 Å². The van der Waals surface area contributed by atoms with E-state index in [1.165, 1.54) is 64.2 Å². The van der Waals surface area contributed by atoms with Crippen molar-refractivity contribution in [3.05, 3.63) is 0 Å². The fourth-order valence-electron chi connectivity index (χ4n) is 6.88. The minimum absolute atomic E-state index is 0.214. The molecule has 9 N–H and O–H groups in total. The Morgan fingerprint density at radius 3 is 1.63 bits per heavy atom. The standard InChI is InChI=1S/C38H73NO13/c1-3-5-7-9-11-13-15-17-19-21-27(42)26(39-30(43)22-20-18-16-14-12-10-8-6-4-2)25-49-37-35(48)33(46)36(29(24-41)51-37)52-38-34(47)32(45)31(44)28(23-40)50-38/h26-29,31-38,40-42,44-48H,3-25H2,1-2H3,(H,39,43)/t26-,27+,28+,29+,31-,32?,33?,34?,35?,36+,37+,38-/m0/s1. The van der Waals surface area contributed by atoms with E-state index in [0.29, 0.717) is 12.8 Å². The SMILES string of the molecule is CCCCCCCCCCCC(=O)N[C@@H](CO[C@@H]1O[C@H](CO)[C@@H](O[C@@H]2O[C@H](CO)[C@H](O)C(O)C2O)C(O)C1O)[C@H](O)CCCCCCCCCCC. The Morgan fingerprint density at radius 1 is 0.615 bits per heavy atom. The van der Waals surface area contributed by atoms with Crippen LogP contribution in [0, 0.1) is 0 Å². The Labute approximate surface area is 311 Å². The molecule has 308 valence electrons. The molecular formula is C38H73NO13. The molecule has 0 aromatic carbocycles. The Bertz CT molecular complexity index is 899. The molecule has 14 nitrogen and oxygen atoms in total. The minimum Gasteiger partial charge on any atom is -0.394 e.